The SMILES string of the molecule is O=C(CCN1CCN(c2ccc(F)cc2)CC1)N1CCC2(CC1)OCCO2. The van der Waals surface area contributed by atoms with Crippen molar-refractivity contribution in [1.29, 1.82) is 0 Å². The Kier molecular flexibility index (Phi) is 5.61. The van der Waals surface area contributed by atoms with Crippen molar-refractivity contribution in [3.05, 3.63) is 30.1 Å². The first-order chi connectivity index (χ1) is 13.1. The molecule has 0 radical (unpaired) electrons. The number of likely N-dealkylation sites (tertiary alicyclic amines) is 1. The average molecular weight is 377 g/mol. The molecule has 0 saturated carbocycles. The third-order valence-electron chi connectivity index (χ3n) is 5.90. The third-order valence-corrected chi connectivity index (χ3v) is 5.90. The van der Waals surface area contributed by atoms with Crippen LogP contribution in [0, 0.1) is 5.82 Å². The van der Waals surface area contributed by atoms with E-state index in [0.29, 0.717) is 19.6 Å². The Morgan fingerprint density at radius 3 is 2.22 bits per heavy atom. The van der Waals surface area contributed by atoms with E-state index >= 15 is 0 Å². The summed E-state index contributed by atoms with van der Waals surface area (Å²) in [5, 5.41) is 0. The van der Waals surface area contributed by atoms with Crippen LogP contribution in [-0.2, 0) is 14.3 Å². The molecule has 1 aromatic rings. The highest BCUT2D eigenvalue weighted by atomic mass is 19.1. The normalized spacial score (nSPS) is 23.1. The molecular weight excluding hydrogens is 349 g/mol. The van der Waals surface area contributed by atoms with E-state index in [4.69, 9.17) is 9.47 Å². The largest absolute Gasteiger partial charge is 0.369 e. The first kappa shape index (κ1) is 18.7. The number of piperidine rings is 1. The minimum atomic E-state index is -0.423. The van der Waals surface area contributed by atoms with Gasteiger partial charge in [0.1, 0.15) is 5.82 Å². The van der Waals surface area contributed by atoms with E-state index in [0.717, 1.165) is 64.3 Å². The van der Waals surface area contributed by atoms with E-state index in [1.807, 2.05) is 17.0 Å². The van der Waals surface area contributed by atoms with Gasteiger partial charge in [0.05, 0.1) is 13.2 Å². The van der Waals surface area contributed by atoms with Crippen LogP contribution < -0.4 is 4.90 Å². The number of amides is 1. The van der Waals surface area contributed by atoms with Gasteiger partial charge in [-0.15, -0.1) is 0 Å². The smallest absolute Gasteiger partial charge is 0.223 e. The number of anilines is 1. The molecule has 7 heteroatoms. The fraction of sp³-hybridized carbons (Fsp3) is 0.650. The standard InChI is InChI=1S/C20H28FN3O3/c21-17-1-3-18(4-2-17)23-13-11-22(12-14-23)8-5-19(25)24-9-6-20(7-10-24)26-15-16-27-20/h1-4H,5-16H2. The maximum Gasteiger partial charge on any atom is 0.223 e. The van der Waals surface area contributed by atoms with Crippen LogP contribution in [0.3, 0.4) is 0 Å². The second-order valence-electron chi connectivity index (χ2n) is 7.54. The van der Waals surface area contributed by atoms with E-state index in [-0.39, 0.29) is 11.7 Å². The number of hydrogen-bond acceptors (Lipinski definition) is 5. The summed E-state index contributed by atoms with van der Waals surface area (Å²) in [5.74, 6) is -0.401. The molecule has 1 aromatic carbocycles. The number of hydrogen-bond donors (Lipinski definition) is 0. The minimum Gasteiger partial charge on any atom is -0.369 e. The second-order valence-corrected chi connectivity index (χ2v) is 7.54. The summed E-state index contributed by atoms with van der Waals surface area (Å²) in [4.78, 5) is 19.1. The van der Waals surface area contributed by atoms with Gasteiger partial charge in [0, 0.05) is 70.8 Å². The lowest BCUT2D eigenvalue weighted by atomic mass is 10.0. The van der Waals surface area contributed by atoms with Crippen molar-refractivity contribution in [2.24, 2.45) is 0 Å². The van der Waals surface area contributed by atoms with Crippen LogP contribution in [0.15, 0.2) is 24.3 Å². The summed E-state index contributed by atoms with van der Waals surface area (Å²) < 4.78 is 24.5. The second kappa shape index (κ2) is 8.12. The molecule has 0 N–H and O–H groups in total. The maximum absolute atomic E-state index is 13.1. The number of rotatable bonds is 4. The first-order valence-corrected chi connectivity index (χ1v) is 9.92. The highest BCUT2D eigenvalue weighted by Crippen LogP contribution is 2.31. The van der Waals surface area contributed by atoms with Crippen molar-refractivity contribution in [3.63, 3.8) is 0 Å². The lowest BCUT2D eigenvalue weighted by Gasteiger charge is -2.38. The van der Waals surface area contributed by atoms with Crippen LogP contribution in [0.2, 0.25) is 0 Å². The molecule has 4 rings (SSSR count). The molecule has 1 amide bonds. The zero-order chi connectivity index (χ0) is 18.7. The topological polar surface area (TPSA) is 45.3 Å². The van der Waals surface area contributed by atoms with Crippen molar-refractivity contribution >= 4 is 11.6 Å². The summed E-state index contributed by atoms with van der Waals surface area (Å²) in [6.45, 7) is 7.22. The number of carbonyl (C=O) groups is 1. The lowest BCUT2D eigenvalue weighted by Crippen LogP contribution is -2.49. The van der Waals surface area contributed by atoms with Crippen LogP contribution in [0.1, 0.15) is 19.3 Å². The number of ether oxygens (including phenoxy) is 2. The van der Waals surface area contributed by atoms with Gasteiger partial charge in [-0.1, -0.05) is 0 Å². The van der Waals surface area contributed by atoms with E-state index in [1.165, 1.54) is 12.1 Å². The van der Waals surface area contributed by atoms with E-state index in [9.17, 15) is 9.18 Å². The predicted octanol–water partition coefficient (Wildman–Crippen LogP) is 1.70. The van der Waals surface area contributed by atoms with Crippen LogP contribution in [-0.4, -0.2) is 80.5 Å². The Bertz CT molecular complexity index is 630. The molecule has 0 unspecified atom stereocenters. The van der Waals surface area contributed by atoms with Crippen LogP contribution in [0.5, 0.6) is 0 Å². The molecule has 3 aliphatic heterocycles. The average Bonchev–Trinajstić information content (AvgIpc) is 3.16. The van der Waals surface area contributed by atoms with Crippen LogP contribution in [0.25, 0.3) is 0 Å². The molecule has 148 valence electrons. The first-order valence-electron chi connectivity index (χ1n) is 9.92. The van der Waals surface area contributed by atoms with E-state index < -0.39 is 5.79 Å². The van der Waals surface area contributed by atoms with Gasteiger partial charge in [0.2, 0.25) is 5.91 Å². The van der Waals surface area contributed by atoms with Crippen molar-refractivity contribution in [3.8, 4) is 0 Å². The highest BCUT2D eigenvalue weighted by molar-refractivity contribution is 5.76. The van der Waals surface area contributed by atoms with Crippen molar-refractivity contribution < 1.29 is 18.7 Å². The zero-order valence-corrected chi connectivity index (χ0v) is 15.7. The minimum absolute atomic E-state index is 0.203. The number of nitrogens with zero attached hydrogens (tertiary/aromatic N) is 3. The molecule has 0 bridgehead atoms. The van der Waals surface area contributed by atoms with Gasteiger partial charge in [0.25, 0.3) is 0 Å². The van der Waals surface area contributed by atoms with Crippen LogP contribution in [0.4, 0.5) is 10.1 Å². The molecule has 27 heavy (non-hydrogen) atoms. The molecule has 1 spiro atoms. The quantitative estimate of drug-likeness (QED) is 0.799. The molecule has 6 nitrogen and oxygen atoms in total. The predicted molar refractivity (Wildman–Crippen MR) is 100 cm³/mol. The number of halogens is 1. The Hall–Kier alpha value is -1.70. The monoisotopic (exact) mass is 377 g/mol. The lowest BCUT2D eigenvalue weighted by molar-refractivity contribution is -0.187. The number of carbonyl (C=O) groups excluding carboxylic acids is 1. The van der Waals surface area contributed by atoms with Gasteiger partial charge in [-0.3, -0.25) is 9.69 Å². The summed E-state index contributed by atoms with van der Waals surface area (Å²) in [6.07, 6.45) is 2.11. The van der Waals surface area contributed by atoms with Crippen molar-refractivity contribution in [1.82, 2.24) is 9.80 Å². The van der Waals surface area contributed by atoms with Gasteiger partial charge in [-0.25, -0.2) is 4.39 Å². The fourth-order valence-electron chi connectivity index (χ4n) is 4.18. The molecule has 3 aliphatic rings. The summed E-state index contributed by atoms with van der Waals surface area (Å²) in [6, 6.07) is 6.67. The fourth-order valence-corrected chi connectivity index (χ4v) is 4.18. The Morgan fingerprint density at radius 1 is 0.963 bits per heavy atom. The molecule has 3 heterocycles. The molecule has 0 aliphatic carbocycles. The van der Waals surface area contributed by atoms with Gasteiger partial charge < -0.3 is 19.3 Å². The van der Waals surface area contributed by atoms with Gasteiger partial charge in [0.15, 0.2) is 5.79 Å². The van der Waals surface area contributed by atoms with Crippen molar-refractivity contribution in [2.45, 2.75) is 25.0 Å². The molecule has 0 atom stereocenters. The zero-order valence-electron chi connectivity index (χ0n) is 15.7. The molecule has 3 saturated heterocycles. The number of piperazine rings is 1. The molecule has 0 aromatic heterocycles. The highest BCUT2D eigenvalue weighted by Gasteiger charge is 2.40. The molecule has 3 fully saturated rings. The molecular formula is C20H28FN3O3. The van der Waals surface area contributed by atoms with E-state index in [2.05, 4.69) is 9.80 Å². The Balaban J connectivity index is 1.18. The van der Waals surface area contributed by atoms with Gasteiger partial charge >= 0.3 is 0 Å². The Morgan fingerprint density at radius 2 is 1.59 bits per heavy atom. The summed E-state index contributed by atoms with van der Waals surface area (Å²) >= 11 is 0. The van der Waals surface area contributed by atoms with Gasteiger partial charge in [-0.2, -0.15) is 0 Å². The maximum atomic E-state index is 13.1. The third kappa shape index (κ3) is 4.42. The van der Waals surface area contributed by atoms with Crippen LogP contribution >= 0.6 is 0 Å². The number of benzene rings is 1. The summed E-state index contributed by atoms with van der Waals surface area (Å²) in [7, 11) is 0. The van der Waals surface area contributed by atoms with E-state index in [1.54, 1.807) is 0 Å². The summed E-state index contributed by atoms with van der Waals surface area (Å²) in [5.41, 5.74) is 1.06. The Labute approximate surface area is 159 Å². The van der Waals surface area contributed by atoms with Crippen molar-refractivity contribution in [2.75, 3.05) is 63.9 Å². The van der Waals surface area contributed by atoms with Gasteiger partial charge in [-0.05, 0) is 24.3 Å².